The summed E-state index contributed by atoms with van der Waals surface area (Å²) in [7, 11) is 0. The van der Waals surface area contributed by atoms with Crippen LogP contribution in [0.2, 0.25) is 0 Å². The third-order valence-electron chi connectivity index (χ3n) is 2.66. The van der Waals surface area contributed by atoms with Crippen molar-refractivity contribution in [3.05, 3.63) is 23.8 Å². The van der Waals surface area contributed by atoms with Crippen molar-refractivity contribution in [3.63, 3.8) is 0 Å². The highest BCUT2D eigenvalue weighted by atomic mass is 19.3. The van der Waals surface area contributed by atoms with E-state index in [1.165, 1.54) is 6.07 Å². The smallest absolute Gasteiger partial charge is 0.395 e. The van der Waals surface area contributed by atoms with Gasteiger partial charge in [-0.3, -0.25) is 0 Å². The molecule has 0 bridgehead atoms. The number of hydrogen-bond donors (Lipinski definition) is 1. The summed E-state index contributed by atoms with van der Waals surface area (Å²) >= 11 is 0. The molecule has 3 rings (SSSR count). The second kappa shape index (κ2) is 2.82. The summed E-state index contributed by atoms with van der Waals surface area (Å²) < 4.78 is 34.5. The van der Waals surface area contributed by atoms with Crippen molar-refractivity contribution in [2.45, 2.75) is 18.8 Å². The van der Waals surface area contributed by atoms with Crippen LogP contribution in [0.25, 0.3) is 0 Å². The zero-order valence-corrected chi connectivity index (χ0v) is 7.80. The van der Waals surface area contributed by atoms with Crippen LogP contribution in [0.5, 0.6) is 11.5 Å². The van der Waals surface area contributed by atoms with E-state index in [1.807, 2.05) is 0 Å². The van der Waals surface area contributed by atoms with Gasteiger partial charge in [-0.1, -0.05) is 12.1 Å². The number of fused-ring (bicyclic) bond motifs is 1. The minimum atomic E-state index is -3.53. The lowest BCUT2D eigenvalue weighted by Crippen LogP contribution is -2.35. The number of ether oxygens (including phenoxy) is 2. The van der Waals surface area contributed by atoms with Gasteiger partial charge in [-0.25, -0.2) is 0 Å². The fourth-order valence-electron chi connectivity index (χ4n) is 1.82. The molecule has 15 heavy (non-hydrogen) atoms. The molecule has 0 aliphatic carbocycles. The average molecular weight is 213 g/mol. The molecule has 5 heteroatoms. The SMILES string of the molecule is FC1(F)Oc2cccc([C@H]3CCN3)c2O1. The van der Waals surface area contributed by atoms with E-state index < -0.39 is 6.29 Å². The molecule has 80 valence electrons. The Morgan fingerprint density at radius 1 is 1.33 bits per heavy atom. The molecule has 0 saturated carbocycles. The molecule has 0 unspecified atom stereocenters. The highest BCUT2D eigenvalue weighted by Crippen LogP contribution is 2.46. The molecule has 1 atom stereocenters. The molecule has 2 aliphatic rings. The van der Waals surface area contributed by atoms with Gasteiger partial charge < -0.3 is 14.8 Å². The number of rotatable bonds is 1. The molecular weight excluding hydrogens is 204 g/mol. The maximum Gasteiger partial charge on any atom is 0.586 e. The Morgan fingerprint density at radius 3 is 2.80 bits per heavy atom. The lowest BCUT2D eigenvalue weighted by atomic mass is 9.97. The summed E-state index contributed by atoms with van der Waals surface area (Å²) in [5, 5.41) is 3.14. The number of nitrogens with one attached hydrogen (secondary N) is 1. The zero-order chi connectivity index (χ0) is 10.5. The Balaban J connectivity index is 2.01. The van der Waals surface area contributed by atoms with Crippen LogP contribution in [0.4, 0.5) is 8.78 Å². The van der Waals surface area contributed by atoms with Gasteiger partial charge in [0.1, 0.15) is 0 Å². The van der Waals surface area contributed by atoms with Gasteiger partial charge in [0.15, 0.2) is 11.5 Å². The van der Waals surface area contributed by atoms with Gasteiger partial charge in [-0.05, 0) is 19.0 Å². The van der Waals surface area contributed by atoms with Crippen LogP contribution in [0.15, 0.2) is 18.2 Å². The monoisotopic (exact) mass is 213 g/mol. The van der Waals surface area contributed by atoms with E-state index in [0.29, 0.717) is 0 Å². The first-order valence-corrected chi connectivity index (χ1v) is 4.78. The van der Waals surface area contributed by atoms with Crippen molar-refractivity contribution in [1.82, 2.24) is 5.32 Å². The predicted octanol–water partition coefficient (Wildman–Crippen LogP) is 2.04. The second-order valence-corrected chi connectivity index (χ2v) is 3.64. The average Bonchev–Trinajstić information content (AvgIpc) is 2.37. The van der Waals surface area contributed by atoms with Crippen LogP contribution in [-0.4, -0.2) is 12.8 Å². The molecule has 0 amide bonds. The van der Waals surface area contributed by atoms with Gasteiger partial charge in [0.2, 0.25) is 0 Å². The molecular formula is C10H9F2NO2. The summed E-state index contributed by atoms with van der Waals surface area (Å²) in [4.78, 5) is 0. The van der Waals surface area contributed by atoms with Crippen LogP contribution in [0.3, 0.4) is 0 Å². The topological polar surface area (TPSA) is 30.5 Å². The third-order valence-corrected chi connectivity index (χ3v) is 2.66. The summed E-state index contributed by atoms with van der Waals surface area (Å²) in [6.07, 6.45) is -2.59. The first kappa shape index (κ1) is 8.91. The summed E-state index contributed by atoms with van der Waals surface area (Å²) in [5.41, 5.74) is 0.746. The maximum absolute atomic E-state index is 12.8. The van der Waals surface area contributed by atoms with E-state index >= 15 is 0 Å². The highest BCUT2D eigenvalue weighted by molar-refractivity contribution is 5.50. The van der Waals surface area contributed by atoms with E-state index in [9.17, 15) is 8.78 Å². The quantitative estimate of drug-likeness (QED) is 0.774. The fraction of sp³-hybridized carbons (Fsp3) is 0.400. The molecule has 0 radical (unpaired) electrons. The van der Waals surface area contributed by atoms with E-state index in [1.54, 1.807) is 12.1 Å². The van der Waals surface area contributed by atoms with Crippen molar-refractivity contribution in [2.75, 3.05) is 6.54 Å². The molecule has 2 heterocycles. The predicted molar refractivity (Wildman–Crippen MR) is 48.0 cm³/mol. The van der Waals surface area contributed by atoms with Crippen molar-refractivity contribution in [1.29, 1.82) is 0 Å². The Kier molecular flexibility index (Phi) is 1.68. The third kappa shape index (κ3) is 1.34. The molecule has 1 aromatic rings. The fourth-order valence-corrected chi connectivity index (χ4v) is 1.82. The number of para-hydroxylation sites is 1. The van der Waals surface area contributed by atoms with Crippen LogP contribution >= 0.6 is 0 Å². The van der Waals surface area contributed by atoms with E-state index in [0.717, 1.165) is 18.5 Å². The Bertz CT molecular complexity index is 404. The minimum absolute atomic E-state index is 0.109. The number of halogens is 2. The normalized spacial score (nSPS) is 26.1. The Hall–Kier alpha value is -1.36. The van der Waals surface area contributed by atoms with Crippen LogP contribution in [0.1, 0.15) is 18.0 Å². The van der Waals surface area contributed by atoms with Crippen molar-refractivity contribution in [3.8, 4) is 11.5 Å². The number of alkyl halides is 2. The lowest BCUT2D eigenvalue weighted by molar-refractivity contribution is -0.287. The number of hydrogen-bond acceptors (Lipinski definition) is 3. The largest absolute Gasteiger partial charge is 0.586 e. The standard InChI is InChI=1S/C10H9F2NO2/c11-10(12)14-8-3-1-2-6(9(8)15-10)7-4-5-13-7/h1-3,7,13H,4-5H2/t7-/m1/s1. The van der Waals surface area contributed by atoms with Gasteiger partial charge in [-0.15, -0.1) is 8.78 Å². The molecule has 2 aliphatic heterocycles. The van der Waals surface area contributed by atoms with E-state index in [4.69, 9.17) is 0 Å². The molecule has 1 aromatic carbocycles. The molecule has 1 saturated heterocycles. The maximum atomic E-state index is 12.8. The molecule has 3 nitrogen and oxygen atoms in total. The zero-order valence-electron chi connectivity index (χ0n) is 7.80. The first-order chi connectivity index (χ1) is 7.16. The molecule has 1 fully saturated rings. The first-order valence-electron chi connectivity index (χ1n) is 4.78. The van der Waals surface area contributed by atoms with Gasteiger partial charge in [0, 0.05) is 11.6 Å². The van der Waals surface area contributed by atoms with Crippen LogP contribution in [0, 0.1) is 0 Å². The van der Waals surface area contributed by atoms with Crippen molar-refractivity contribution < 1.29 is 18.3 Å². The second-order valence-electron chi connectivity index (χ2n) is 3.64. The summed E-state index contributed by atoms with van der Waals surface area (Å²) in [5.74, 6) is 0.283. The van der Waals surface area contributed by atoms with Gasteiger partial charge in [0.05, 0.1) is 0 Å². The van der Waals surface area contributed by atoms with E-state index in [2.05, 4.69) is 14.8 Å². The summed E-state index contributed by atoms with van der Waals surface area (Å²) in [6.45, 7) is 0.908. The molecule has 0 aromatic heterocycles. The van der Waals surface area contributed by atoms with Gasteiger partial charge >= 0.3 is 6.29 Å². The van der Waals surface area contributed by atoms with Crippen LogP contribution < -0.4 is 14.8 Å². The molecule has 0 spiro atoms. The van der Waals surface area contributed by atoms with Crippen LogP contribution in [-0.2, 0) is 0 Å². The van der Waals surface area contributed by atoms with Gasteiger partial charge in [-0.2, -0.15) is 0 Å². The van der Waals surface area contributed by atoms with Gasteiger partial charge in [0.25, 0.3) is 0 Å². The Morgan fingerprint density at radius 2 is 2.13 bits per heavy atom. The molecule has 1 N–H and O–H groups in total. The Labute approximate surface area is 85.0 Å². The minimum Gasteiger partial charge on any atom is -0.395 e. The highest BCUT2D eigenvalue weighted by Gasteiger charge is 2.45. The lowest BCUT2D eigenvalue weighted by Gasteiger charge is -2.28. The van der Waals surface area contributed by atoms with Crippen molar-refractivity contribution >= 4 is 0 Å². The van der Waals surface area contributed by atoms with E-state index in [-0.39, 0.29) is 17.5 Å². The summed E-state index contributed by atoms with van der Waals surface area (Å²) in [6, 6.07) is 5.06. The number of benzene rings is 1. The van der Waals surface area contributed by atoms with Crippen molar-refractivity contribution in [2.24, 2.45) is 0 Å².